The van der Waals surface area contributed by atoms with Crippen molar-refractivity contribution in [1.82, 2.24) is 24.1 Å². The van der Waals surface area contributed by atoms with Gasteiger partial charge in [-0.2, -0.15) is 0 Å². The molecule has 0 amide bonds. The number of nitrogens with zero attached hydrogens (tertiary/aromatic N) is 5. The van der Waals surface area contributed by atoms with Crippen LogP contribution >= 0.6 is 0 Å². The van der Waals surface area contributed by atoms with E-state index < -0.39 is 0 Å². The van der Waals surface area contributed by atoms with Crippen LogP contribution in [-0.2, 0) is 6.54 Å². The van der Waals surface area contributed by atoms with Crippen LogP contribution in [0.4, 0.5) is 0 Å². The lowest BCUT2D eigenvalue weighted by molar-refractivity contribution is 0.483. The molecule has 3 aromatic heterocycles. The van der Waals surface area contributed by atoms with Gasteiger partial charge in [-0.1, -0.05) is 44.2 Å². The highest BCUT2D eigenvalue weighted by Crippen LogP contribution is 2.35. The van der Waals surface area contributed by atoms with Gasteiger partial charge in [-0.15, -0.1) is 5.10 Å². The summed E-state index contributed by atoms with van der Waals surface area (Å²) in [5, 5.41) is 18.2. The Labute approximate surface area is 168 Å². The number of benzene rings is 2. The number of phenols is 1. The molecule has 0 saturated heterocycles. The monoisotopic (exact) mass is 385 g/mol. The molecule has 3 heterocycles. The van der Waals surface area contributed by atoms with Gasteiger partial charge in [-0.3, -0.25) is 0 Å². The molecule has 5 aromatic rings. The van der Waals surface area contributed by atoms with Crippen LogP contribution in [0.3, 0.4) is 0 Å². The van der Waals surface area contributed by atoms with Crippen molar-refractivity contribution in [2.24, 2.45) is 5.92 Å². The van der Waals surface area contributed by atoms with E-state index in [1.54, 1.807) is 10.8 Å². The SMILES string of the molecule is Cc1c(C)n(CC(C)C)c2ncn3nc(-c4ccc5ccccc5c4O)nc3c12. The highest BCUT2D eigenvalue weighted by Gasteiger charge is 2.20. The molecule has 0 spiro atoms. The van der Waals surface area contributed by atoms with Crippen LogP contribution < -0.4 is 0 Å². The summed E-state index contributed by atoms with van der Waals surface area (Å²) in [4.78, 5) is 9.50. The first-order valence-electron chi connectivity index (χ1n) is 9.87. The minimum Gasteiger partial charge on any atom is -0.507 e. The molecule has 1 N–H and O–H groups in total. The first kappa shape index (κ1) is 17.7. The van der Waals surface area contributed by atoms with E-state index in [-0.39, 0.29) is 5.75 Å². The molecular weight excluding hydrogens is 362 g/mol. The van der Waals surface area contributed by atoms with Gasteiger partial charge in [0.1, 0.15) is 17.7 Å². The van der Waals surface area contributed by atoms with Crippen molar-refractivity contribution in [3.8, 4) is 17.1 Å². The van der Waals surface area contributed by atoms with Gasteiger partial charge < -0.3 is 9.67 Å². The van der Waals surface area contributed by atoms with Crippen LogP contribution in [0.25, 0.3) is 38.8 Å². The Morgan fingerprint density at radius 1 is 1.03 bits per heavy atom. The summed E-state index contributed by atoms with van der Waals surface area (Å²) in [5.41, 5.74) is 4.69. The highest BCUT2D eigenvalue weighted by atomic mass is 16.3. The molecule has 0 atom stereocenters. The summed E-state index contributed by atoms with van der Waals surface area (Å²) in [6.07, 6.45) is 1.71. The minimum absolute atomic E-state index is 0.202. The van der Waals surface area contributed by atoms with Crippen LogP contribution in [-0.4, -0.2) is 29.3 Å². The fourth-order valence-corrected chi connectivity index (χ4v) is 4.07. The zero-order chi connectivity index (χ0) is 20.3. The number of aryl methyl sites for hydroxylation is 1. The second-order valence-electron chi connectivity index (χ2n) is 8.04. The Bertz CT molecular complexity index is 1390. The number of hydrogen-bond acceptors (Lipinski definition) is 4. The molecule has 2 aromatic carbocycles. The smallest absolute Gasteiger partial charge is 0.185 e. The van der Waals surface area contributed by atoms with Gasteiger partial charge in [0.05, 0.1) is 10.9 Å². The standard InChI is InChI=1S/C23H23N5O/c1-13(2)11-27-15(4)14(3)19-22(27)24-12-28-23(19)25-21(26-28)18-10-9-16-7-5-6-8-17(16)20(18)29/h5-10,12-13,29H,11H2,1-4H3. The van der Waals surface area contributed by atoms with Gasteiger partial charge in [0.15, 0.2) is 11.5 Å². The summed E-state index contributed by atoms with van der Waals surface area (Å²) < 4.78 is 3.97. The molecule has 29 heavy (non-hydrogen) atoms. The Balaban J connectivity index is 1.76. The zero-order valence-corrected chi connectivity index (χ0v) is 17.0. The van der Waals surface area contributed by atoms with E-state index in [9.17, 15) is 5.11 Å². The molecule has 6 heteroatoms. The molecule has 6 nitrogen and oxygen atoms in total. The number of fused-ring (bicyclic) bond motifs is 4. The second-order valence-corrected chi connectivity index (χ2v) is 8.04. The van der Waals surface area contributed by atoms with Gasteiger partial charge in [0.25, 0.3) is 0 Å². The Hall–Kier alpha value is -3.41. The predicted octanol–water partition coefficient (Wildman–Crippen LogP) is 4.88. The van der Waals surface area contributed by atoms with Gasteiger partial charge in [0.2, 0.25) is 0 Å². The van der Waals surface area contributed by atoms with E-state index in [1.807, 2.05) is 36.4 Å². The topological polar surface area (TPSA) is 68.2 Å². The average molecular weight is 385 g/mol. The van der Waals surface area contributed by atoms with Crippen LogP contribution in [0.5, 0.6) is 5.75 Å². The van der Waals surface area contributed by atoms with E-state index in [4.69, 9.17) is 4.98 Å². The lowest BCUT2D eigenvalue weighted by Gasteiger charge is -2.10. The van der Waals surface area contributed by atoms with Crippen LogP contribution in [0, 0.1) is 19.8 Å². The highest BCUT2D eigenvalue weighted by molar-refractivity contribution is 5.96. The van der Waals surface area contributed by atoms with Gasteiger partial charge >= 0.3 is 0 Å². The van der Waals surface area contributed by atoms with E-state index in [0.29, 0.717) is 17.3 Å². The molecule has 5 rings (SSSR count). The van der Waals surface area contributed by atoms with Crippen molar-refractivity contribution in [3.05, 3.63) is 54.0 Å². The third kappa shape index (κ3) is 2.59. The molecule has 0 bridgehead atoms. The van der Waals surface area contributed by atoms with Gasteiger partial charge in [-0.05, 0) is 36.8 Å². The van der Waals surface area contributed by atoms with Crippen molar-refractivity contribution in [2.75, 3.05) is 0 Å². The van der Waals surface area contributed by atoms with Crippen LogP contribution in [0.2, 0.25) is 0 Å². The number of hydrogen-bond donors (Lipinski definition) is 1. The number of phenolic OH excluding ortho intramolecular Hbond substituents is 1. The van der Waals surface area contributed by atoms with E-state index in [2.05, 4.69) is 42.3 Å². The van der Waals surface area contributed by atoms with Gasteiger partial charge in [0, 0.05) is 17.6 Å². The molecule has 0 fully saturated rings. The molecule has 0 saturated carbocycles. The van der Waals surface area contributed by atoms with E-state index in [0.717, 1.165) is 34.0 Å². The predicted molar refractivity (Wildman–Crippen MR) is 115 cm³/mol. The summed E-state index contributed by atoms with van der Waals surface area (Å²) in [6.45, 7) is 9.56. The third-order valence-corrected chi connectivity index (χ3v) is 5.64. The third-order valence-electron chi connectivity index (χ3n) is 5.64. The van der Waals surface area contributed by atoms with Crippen molar-refractivity contribution in [1.29, 1.82) is 0 Å². The van der Waals surface area contributed by atoms with E-state index in [1.165, 1.54) is 11.3 Å². The lowest BCUT2D eigenvalue weighted by atomic mass is 10.1. The molecule has 0 aliphatic heterocycles. The second kappa shape index (κ2) is 6.30. The summed E-state index contributed by atoms with van der Waals surface area (Å²) >= 11 is 0. The Morgan fingerprint density at radius 2 is 1.83 bits per heavy atom. The zero-order valence-electron chi connectivity index (χ0n) is 17.0. The normalized spacial score (nSPS) is 12.0. The van der Waals surface area contributed by atoms with Crippen LogP contribution in [0.15, 0.2) is 42.7 Å². The first-order valence-corrected chi connectivity index (χ1v) is 9.87. The molecule has 146 valence electrons. The van der Waals surface area contributed by atoms with Crippen molar-refractivity contribution < 1.29 is 5.11 Å². The average Bonchev–Trinajstić information content (AvgIpc) is 3.23. The Kier molecular flexibility index (Phi) is 3.84. The van der Waals surface area contributed by atoms with Gasteiger partial charge in [-0.25, -0.2) is 14.5 Å². The van der Waals surface area contributed by atoms with Crippen LogP contribution in [0.1, 0.15) is 25.1 Å². The largest absolute Gasteiger partial charge is 0.507 e. The molecule has 0 unspecified atom stereocenters. The first-order chi connectivity index (χ1) is 14.0. The van der Waals surface area contributed by atoms with Crippen molar-refractivity contribution >= 4 is 27.5 Å². The van der Waals surface area contributed by atoms with Crippen molar-refractivity contribution in [2.45, 2.75) is 34.2 Å². The van der Waals surface area contributed by atoms with Crippen molar-refractivity contribution in [3.63, 3.8) is 0 Å². The fourth-order valence-electron chi connectivity index (χ4n) is 4.07. The molecular formula is C23H23N5O. The number of aromatic hydroxyl groups is 1. The molecule has 0 aliphatic rings. The maximum atomic E-state index is 10.8. The molecule has 0 radical (unpaired) electrons. The summed E-state index contributed by atoms with van der Waals surface area (Å²) in [5.74, 6) is 1.22. The minimum atomic E-state index is 0.202. The fraction of sp³-hybridized carbons (Fsp3) is 0.261. The lowest BCUT2D eigenvalue weighted by Crippen LogP contribution is -2.07. The Morgan fingerprint density at radius 3 is 2.62 bits per heavy atom. The summed E-state index contributed by atoms with van der Waals surface area (Å²) in [6, 6.07) is 11.6. The quantitative estimate of drug-likeness (QED) is 0.481. The molecule has 0 aliphatic carbocycles. The number of aromatic nitrogens is 5. The number of rotatable bonds is 3. The summed E-state index contributed by atoms with van der Waals surface area (Å²) in [7, 11) is 0. The maximum absolute atomic E-state index is 10.8. The van der Waals surface area contributed by atoms with E-state index >= 15 is 0 Å². The maximum Gasteiger partial charge on any atom is 0.185 e.